The molecule has 13 nitrogen and oxygen atoms in total. The number of pyridine rings is 1. The van der Waals surface area contributed by atoms with Gasteiger partial charge in [0, 0.05) is 63.0 Å². The number of likely N-dealkylation sites (tertiary alicyclic amines) is 1. The number of aliphatic hydroxyl groups excluding tert-OH is 1. The van der Waals surface area contributed by atoms with Crippen LogP contribution in [0.4, 0.5) is 5.69 Å². The number of rotatable bonds is 17. The number of aromatic nitrogens is 1. The summed E-state index contributed by atoms with van der Waals surface area (Å²) >= 11 is 0. The number of ether oxygens (including phenoxy) is 2. The minimum Gasteiger partial charge on any atom is -0.506 e. The summed E-state index contributed by atoms with van der Waals surface area (Å²) < 4.78 is 12.0. The fraction of sp³-hybridized carbons (Fsp3) is 0.455. The summed E-state index contributed by atoms with van der Waals surface area (Å²) in [5, 5.41) is 22.1. The first-order valence-corrected chi connectivity index (χ1v) is 24.7. The molecule has 2 amide bonds. The number of carbonyl (C=O) groups excluding carboxylic acids is 3. The van der Waals surface area contributed by atoms with Crippen LogP contribution in [0.25, 0.3) is 10.9 Å². The molecule has 10 rings (SSSR count). The smallest absolute Gasteiger partial charge is 0.317 e. The van der Waals surface area contributed by atoms with E-state index in [0.717, 1.165) is 92.8 Å². The topological polar surface area (TPSA) is 156 Å². The predicted molar refractivity (Wildman–Crippen MR) is 261 cm³/mol. The molecule has 2 bridgehead atoms. The van der Waals surface area contributed by atoms with Crippen LogP contribution in [0.2, 0.25) is 0 Å². The Morgan fingerprint density at radius 2 is 1.50 bits per heavy atom. The summed E-state index contributed by atoms with van der Waals surface area (Å²) in [4.78, 5) is 65.3. The Hall–Kier alpha value is -6.02. The van der Waals surface area contributed by atoms with Crippen molar-refractivity contribution in [3.05, 3.63) is 141 Å². The van der Waals surface area contributed by atoms with E-state index in [1.807, 2.05) is 76.5 Å². The summed E-state index contributed by atoms with van der Waals surface area (Å²) in [6.07, 6.45) is 5.51. The fourth-order valence-corrected chi connectivity index (χ4v) is 10.9. The summed E-state index contributed by atoms with van der Waals surface area (Å²) in [6.45, 7) is 7.80. The molecule has 5 aliphatic rings. The van der Waals surface area contributed by atoms with Crippen molar-refractivity contribution in [1.82, 2.24) is 19.7 Å². The van der Waals surface area contributed by atoms with E-state index in [2.05, 4.69) is 26.9 Å². The van der Waals surface area contributed by atoms with Crippen molar-refractivity contribution < 1.29 is 34.1 Å². The van der Waals surface area contributed by atoms with Crippen molar-refractivity contribution in [3.63, 3.8) is 0 Å². The molecule has 5 fully saturated rings. The molecule has 2 atom stereocenters. The van der Waals surface area contributed by atoms with Crippen LogP contribution in [-0.4, -0.2) is 119 Å². The number of amides is 2. The van der Waals surface area contributed by atoms with E-state index >= 15 is 0 Å². The van der Waals surface area contributed by atoms with E-state index in [-0.39, 0.29) is 48.0 Å². The molecule has 5 saturated heterocycles. The number of H-pyrrole nitrogens is 1. The average Bonchev–Trinajstić information content (AvgIpc) is 3.37. The van der Waals surface area contributed by atoms with Crippen molar-refractivity contribution >= 4 is 34.4 Å². The molecule has 5 aromatic rings. The highest BCUT2D eigenvalue weighted by Crippen LogP contribution is 2.40. The van der Waals surface area contributed by atoms with Gasteiger partial charge in [0.15, 0.2) is 0 Å². The summed E-state index contributed by atoms with van der Waals surface area (Å²) in [7, 11) is 0. The lowest BCUT2D eigenvalue weighted by Crippen LogP contribution is -2.55. The first-order chi connectivity index (χ1) is 33.1. The number of phenols is 1. The number of anilines is 1. The summed E-state index contributed by atoms with van der Waals surface area (Å²) in [6, 6.07) is 32.2. The van der Waals surface area contributed by atoms with Crippen molar-refractivity contribution in [2.24, 2.45) is 5.92 Å². The highest BCUT2D eigenvalue weighted by molar-refractivity contribution is 5.87. The second-order valence-corrected chi connectivity index (χ2v) is 19.3. The maximum Gasteiger partial charge on any atom is 0.317 e. The van der Waals surface area contributed by atoms with Crippen LogP contribution in [0.3, 0.4) is 0 Å². The number of esters is 1. The molecule has 3 N–H and O–H groups in total. The maximum absolute atomic E-state index is 14.3. The van der Waals surface area contributed by atoms with E-state index in [0.29, 0.717) is 81.0 Å². The van der Waals surface area contributed by atoms with Gasteiger partial charge in [-0.1, -0.05) is 91.7 Å². The molecular formula is C55H65N5O8. The number of fused-ring (bicyclic) bond motifs is 4. The zero-order valence-corrected chi connectivity index (χ0v) is 39.0. The zero-order valence-electron chi connectivity index (χ0n) is 39.0. The van der Waals surface area contributed by atoms with Gasteiger partial charge < -0.3 is 39.4 Å². The largest absolute Gasteiger partial charge is 0.506 e. The van der Waals surface area contributed by atoms with E-state index in [9.17, 15) is 29.4 Å². The molecule has 68 heavy (non-hydrogen) atoms. The Morgan fingerprint density at radius 3 is 2.22 bits per heavy atom. The number of aromatic hydroxyl groups is 1. The minimum absolute atomic E-state index is 0.0115. The second-order valence-electron chi connectivity index (χ2n) is 19.3. The number of piperidine rings is 4. The van der Waals surface area contributed by atoms with Crippen LogP contribution in [0.5, 0.6) is 5.75 Å². The molecule has 6 heterocycles. The average molecular weight is 924 g/mol. The number of para-hydroxylation sites is 1. The quantitative estimate of drug-likeness (QED) is 0.0680. The standard InChI is InChI=1S/C55H65N5O8/c61-47(44-18-20-48(62)53-45(44)19-21-50(63)56-53)13-5-2-8-26-60(37-42-9-6-7-12-46(42)58-31-33-67-34-32-58)52(65)36-40-16-14-39(15-17-40)35-51(64)59-29-24-55(25-30-59,43-10-3-1-4-11-43)54(66)68-49-38-57-27-22-41(49)23-28-57/h1,3-4,6-7,9-12,14-21,41,47,49,61-62H,2,5,8,13,22-38H2,(H,56,63)/t47-,49-/m0/s1. The molecule has 0 unspecified atom stereocenters. The van der Waals surface area contributed by atoms with E-state index < -0.39 is 11.5 Å². The lowest BCUT2D eigenvalue weighted by atomic mass is 9.72. The first-order valence-electron chi connectivity index (χ1n) is 24.7. The number of morpholine rings is 1. The molecule has 358 valence electrons. The number of nitrogens with zero attached hydrogens (tertiary/aromatic N) is 4. The normalized spacial score (nSPS) is 20.5. The maximum atomic E-state index is 14.3. The Kier molecular flexibility index (Phi) is 14.9. The SMILES string of the molecule is O=C(Cc1ccc(CC(=O)N(CCCCC[C@H](O)c2ccc(O)c3[nH]c(=O)ccc23)Cc2ccccc2N2CCOCC2)cc1)N1CCC(C(=O)O[C@H]2CN3CCC2CC3)(c2ccccc2)CC1. The zero-order chi connectivity index (χ0) is 47.0. The Bertz CT molecular complexity index is 2580. The first kappa shape index (κ1) is 47.1. The summed E-state index contributed by atoms with van der Waals surface area (Å²) in [5.41, 5.74) is 4.74. The second kappa shape index (κ2) is 21.5. The Morgan fingerprint density at radius 1 is 0.794 bits per heavy atom. The molecule has 13 heteroatoms. The molecule has 0 spiro atoms. The number of nitrogens with one attached hydrogen (secondary N) is 1. The van der Waals surface area contributed by atoms with Crippen molar-refractivity contribution in [1.29, 1.82) is 0 Å². The molecule has 0 aliphatic carbocycles. The molecule has 4 aromatic carbocycles. The van der Waals surface area contributed by atoms with Crippen LogP contribution < -0.4 is 10.5 Å². The Labute approximate surface area is 398 Å². The third-order valence-corrected chi connectivity index (χ3v) is 15.0. The van der Waals surface area contributed by atoms with Crippen molar-refractivity contribution in [2.45, 2.75) is 88.4 Å². The van der Waals surface area contributed by atoms with Crippen LogP contribution in [-0.2, 0) is 48.7 Å². The number of hydrogen-bond acceptors (Lipinski definition) is 10. The van der Waals surface area contributed by atoms with Crippen molar-refractivity contribution in [3.8, 4) is 5.75 Å². The minimum atomic E-state index is -0.784. The monoisotopic (exact) mass is 923 g/mol. The molecule has 1 aromatic heterocycles. The number of hydrogen-bond donors (Lipinski definition) is 3. The summed E-state index contributed by atoms with van der Waals surface area (Å²) in [5.74, 6) is 0.255. The highest BCUT2D eigenvalue weighted by Gasteiger charge is 2.47. The number of unbranched alkanes of at least 4 members (excludes halogenated alkanes) is 2. The van der Waals surface area contributed by atoms with Gasteiger partial charge in [-0.05, 0) is 104 Å². The molecule has 0 radical (unpaired) electrons. The molecular weight excluding hydrogens is 859 g/mol. The van der Waals surface area contributed by atoms with Crippen molar-refractivity contribution in [2.75, 3.05) is 70.5 Å². The Balaban J connectivity index is 0.812. The van der Waals surface area contributed by atoms with E-state index in [4.69, 9.17) is 9.47 Å². The third kappa shape index (κ3) is 10.8. The predicted octanol–water partition coefficient (Wildman–Crippen LogP) is 6.68. The number of benzene rings is 4. The van der Waals surface area contributed by atoms with E-state index in [1.54, 1.807) is 12.1 Å². The number of aromatic amines is 1. The molecule has 5 aliphatic heterocycles. The number of carbonyl (C=O) groups is 3. The van der Waals surface area contributed by atoms with E-state index in [1.165, 1.54) is 12.1 Å². The van der Waals surface area contributed by atoms with Crippen LogP contribution in [0.1, 0.15) is 85.3 Å². The van der Waals surface area contributed by atoms with Gasteiger partial charge in [0.2, 0.25) is 17.4 Å². The van der Waals surface area contributed by atoms with Gasteiger partial charge in [0.25, 0.3) is 0 Å². The van der Waals surface area contributed by atoms with Crippen LogP contribution in [0, 0.1) is 5.92 Å². The lowest BCUT2D eigenvalue weighted by molar-refractivity contribution is -0.168. The van der Waals surface area contributed by atoms with Gasteiger partial charge in [-0.3, -0.25) is 24.1 Å². The van der Waals surface area contributed by atoms with Gasteiger partial charge in [-0.25, -0.2) is 0 Å². The lowest BCUT2D eigenvalue weighted by Gasteiger charge is -2.46. The van der Waals surface area contributed by atoms with Gasteiger partial charge in [-0.15, -0.1) is 0 Å². The number of aliphatic hydroxyl groups is 1. The highest BCUT2D eigenvalue weighted by atomic mass is 16.5. The number of phenolic OH excluding ortho intramolecular Hbond substituents is 1. The molecule has 0 saturated carbocycles. The van der Waals surface area contributed by atoms with Gasteiger partial charge >= 0.3 is 5.97 Å². The van der Waals surface area contributed by atoms with Crippen LogP contribution in [0.15, 0.2) is 108 Å². The van der Waals surface area contributed by atoms with Gasteiger partial charge in [0.1, 0.15) is 11.9 Å². The van der Waals surface area contributed by atoms with Gasteiger partial charge in [-0.2, -0.15) is 0 Å². The van der Waals surface area contributed by atoms with Crippen LogP contribution >= 0.6 is 0 Å². The van der Waals surface area contributed by atoms with Gasteiger partial charge in [0.05, 0.1) is 43.1 Å². The fourth-order valence-electron chi connectivity index (χ4n) is 10.9. The third-order valence-electron chi connectivity index (χ3n) is 15.0.